The summed E-state index contributed by atoms with van der Waals surface area (Å²) in [5.74, 6) is -0.655. The van der Waals surface area contributed by atoms with E-state index in [4.69, 9.17) is 10.8 Å². The number of carbonyl (C=O) groups excluding carboxylic acids is 1. The summed E-state index contributed by atoms with van der Waals surface area (Å²) in [5, 5.41) is 8.60. The highest BCUT2D eigenvalue weighted by Gasteiger charge is 2.10. The van der Waals surface area contributed by atoms with Crippen LogP contribution in [0.2, 0.25) is 0 Å². The van der Waals surface area contributed by atoms with Crippen LogP contribution in [0.1, 0.15) is 77.6 Å². The van der Waals surface area contributed by atoms with E-state index in [9.17, 15) is 9.59 Å². The second kappa shape index (κ2) is 12.2. The van der Waals surface area contributed by atoms with Crippen molar-refractivity contribution in [3.05, 3.63) is 0 Å². The van der Waals surface area contributed by atoms with Crippen LogP contribution in [0, 0.1) is 0 Å². The maximum absolute atomic E-state index is 11.6. The molecule has 0 aliphatic carbocycles. The van der Waals surface area contributed by atoms with Gasteiger partial charge in [-0.3, -0.25) is 9.59 Å². The summed E-state index contributed by atoms with van der Waals surface area (Å²) in [6.07, 6.45) is 10.4. The van der Waals surface area contributed by atoms with Crippen molar-refractivity contribution in [2.24, 2.45) is 5.73 Å². The Balaban J connectivity index is 3.33. The fraction of sp³-hybridized carbons (Fsp3) is 0.867. The number of nitrogens with two attached hydrogens (primary N) is 1. The maximum Gasteiger partial charge on any atom is 0.320 e. The third-order valence-corrected chi connectivity index (χ3v) is 3.35. The van der Waals surface area contributed by atoms with Gasteiger partial charge in [0.05, 0.1) is 0 Å². The Bertz CT molecular complexity index is 254. The van der Waals surface area contributed by atoms with E-state index >= 15 is 0 Å². The molecular formula is C15H29NO3. The second-order valence-corrected chi connectivity index (χ2v) is 5.25. The van der Waals surface area contributed by atoms with E-state index < -0.39 is 12.0 Å². The largest absolute Gasteiger partial charge is 0.480 e. The first-order valence-corrected chi connectivity index (χ1v) is 7.58. The summed E-state index contributed by atoms with van der Waals surface area (Å²) in [6.45, 7) is 2.19. The van der Waals surface area contributed by atoms with Crippen LogP contribution in [0.25, 0.3) is 0 Å². The lowest BCUT2D eigenvalue weighted by atomic mass is 10.0. The lowest BCUT2D eigenvalue weighted by molar-refractivity contribution is -0.138. The zero-order valence-electron chi connectivity index (χ0n) is 12.2. The number of rotatable bonds is 13. The highest BCUT2D eigenvalue weighted by molar-refractivity contribution is 5.78. The highest BCUT2D eigenvalue weighted by Crippen LogP contribution is 2.10. The molecule has 1 atom stereocenters. The smallest absolute Gasteiger partial charge is 0.320 e. The minimum atomic E-state index is -0.960. The van der Waals surface area contributed by atoms with Crippen LogP contribution in [0.5, 0.6) is 0 Å². The van der Waals surface area contributed by atoms with Gasteiger partial charge in [0.25, 0.3) is 0 Å². The van der Waals surface area contributed by atoms with Gasteiger partial charge < -0.3 is 10.8 Å². The van der Waals surface area contributed by atoms with Crippen molar-refractivity contribution < 1.29 is 14.7 Å². The van der Waals surface area contributed by atoms with Crippen LogP contribution in [0.3, 0.4) is 0 Å². The molecule has 0 saturated heterocycles. The van der Waals surface area contributed by atoms with Gasteiger partial charge in [0.2, 0.25) is 0 Å². The number of unbranched alkanes of at least 4 members (excludes halogenated alkanes) is 6. The summed E-state index contributed by atoms with van der Waals surface area (Å²) in [5.41, 5.74) is 5.39. The minimum absolute atomic E-state index is 0.305. The van der Waals surface area contributed by atoms with E-state index in [1.54, 1.807) is 0 Å². The summed E-state index contributed by atoms with van der Waals surface area (Å²) in [6, 6.07) is -0.784. The molecule has 0 heterocycles. The van der Waals surface area contributed by atoms with Gasteiger partial charge >= 0.3 is 5.97 Å². The first-order chi connectivity index (χ1) is 9.07. The number of aliphatic carboxylic acids is 1. The molecule has 0 spiro atoms. The molecule has 19 heavy (non-hydrogen) atoms. The summed E-state index contributed by atoms with van der Waals surface area (Å²) in [4.78, 5) is 22.0. The fourth-order valence-corrected chi connectivity index (χ4v) is 2.04. The Morgan fingerprint density at radius 3 is 2.05 bits per heavy atom. The molecule has 0 aliphatic rings. The normalized spacial score (nSPS) is 12.3. The summed E-state index contributed by atoms with van der Waals surface area (Å²) in [7, 11) is 0. The number of hydrogen-bond donors (Lipinski definition) is 2. The van der Waals surface area contributed by atoms with Crippen molar-refractivity contribution in [1.82, 2.24) is 0 Å². The number of carboxylic acid groups (broad SMARTS) is 1. The van der Waals surface area contributed by atoms with Crippen LogP contribution in [0.4, 0.5) is 0 Å². The average molecular weight is 271 g/mol. The molecule has 0 saturated carbocycles. The Kier molecular flexibility index (Phi) is 11.6. The van der Waals surface area contributed by atoms with Crippen molar-refractivity contribution in [3.8, 4) is 0 Å². The molecule has 0 rings (SSSR count). The van der Waals surface area contributed by atoms with Crippen LogP contribution in [-0.4, -0.2) is 22.9 Å². The van der Waals surface area contributed by atoms with E-state index in [0.717, 1.165) is 25.7 Å². The average Bonchev–Trinajstić information content (AvgIpc) is 2.38. The van der Waals surface area contributed by atoms with Gasteiger partial charge in [-0.15, -0.1) is 0 Å². The van der Waals surface area contributed by atoms with E-state index in [2.05, 4.69) is 6.92 Å². The molecule has 0 bridgehead atoms. The summed E-state index contributed by atoms with van der Waals surface area (Å²) < 4.78 is 0. The fourth-order valence-electron chi connectivity index (χ4n) is 2.04. The first-order valence-electron chi connectivity index (χ1n) is 7.58. The minimum Gasteiger partial charge on any atom is -0.480 e. The molecule has 0 aromatic carbocycles. The third kappa shape index (κ3) is 11.9. The predicted octanol–water partition coefficient (Wildman–Crippen LogP) is 3.28. The molecule has 0 fully saturated rings. The molecule has 0 aromatic rings. The molecule has 4 heteroatoms. The second-order valence-electron chi connectivity index (χ2n) is 5.25. The highest BCUT2D eigenvalue weighted by atomic mass is 16.4. The van der Waals surface area contributed by atoms with Crippen LogP contribution >= 0.6 is 0 Å². The molecular weight excluding hydrogens is 242 g/mol. The van der Waals surface area contributed by atoms with Crippen molar-refractivity contribution in [2.75, 3.05) is 0 Å². The quantitative estimate of drug-likeness (QED) is 0.504. The number of carbonyl (C=O) groups is 2. The maximum atomic E-state index is 11.6. The summed E-state index contributed by atoms with van der Waals surface area (Å²) >= 11 is 0. The predicted molar refractivity (Wildman–Crippen MR) is 77.1 cm³/mol. The van der Waals surface area contributed by atoms with Gasteiger partial charge in [-0.05, 0) is 19.3 Å². The number of ketones is 1. The third-order valence-electron chi connectivity index (χ3n) is 3.35. The van der Waals surface area contributed by atoms with E-state index in [1.807, 2.05) is 0 Å². The van der Waals surface area contributed by atoms with Gasteiger partial charge in [0, 0.05) is 12.8 Å². The van der Waals surface area contributed by atoms with Crippen LogP contribution < -0.4 is 5.73 Å². The monoisotopic (exact) mass is 271 g/mol. The van der Waals surface area contributed by atoms with E-state index in [-0.39, 0.29) is 0 Å². The topological polar surface area (TPSA) is 80.4 Å². The Morgan fingerprint density at radius 1 is 0.947 bits per heavy atom. The molecule has 0 aromatic heterocycles. The zero-order valence-corrected chi connectivity index (χ0v) is 12.2. The first kappa shape index (κ1) is 18.1. The van der Waals surface area contributed by atoms with Crippen molar-refractivity contribution in [3.63, 3.8) is 0 Å². The molecule has 0 amide bonds. The molecule has 0 radical (unpaired) electrons. The SMILES string of the molecule is CCCCCCCCC(=O)CCCCC(N)C(=O)O. The van der Waals surface area contributed by atoms with Crippen molar-refractivity contribution in [2.45, 2.75) is 83.6 Å². The number of carboxylic acids is 1. The van der Waals surface area contributed by atoms with E-state index in [0.29, 0.717) is 25.0 Å². The molecule has 112 valence electrons. The Morgan fingerprint density at radius 2 is 1.47 bits per heavy atom. The Hall–Kier alpha value is -0.900. The molecule has 3 N–H and O–H groups in total. The van der Waals surface area contributed by atoms with Crippen molar-refractivity contribution in [1.29, 1.82) is 0 Å². The lowest BCUT2D eigenvalue weighted by Crippen LogP contribution is -2.29. The van der Waals surface area contributed by atoms with Gasteiger partial charge in [0.15, 0.2) is 0 Å². The number of Topliss-reactive ketones (excluding diaryl/α,β-unsaturated/α-hetero) is 1. The standard InChI is InChI=1S/C15H29NO3/c1-2-3-4-5-6-7-10-13(17)11-8-9-12-14(16)15(18)19/h14H,2-12,16H2,1H3,(H,18,19). The molecule has 4 nitrogen and oxygen atoms in total. The van der Waals surface area contributed by atoms with Gasteiger partial charge in [-0.1, -0.05) is 45.4 Å². The van der Waals surface area contributed by atoms with Gasteiger partial charge in [0.1, 0.15) is 11.8 Å². The molecule has 1 unspecified atom stereocenters. The van der Waals surface area contributed by atoms with Gasteiger partial charge in [-0.2, -0.15) is 0 Å². The zero-order chi connectivity index (χ0) is 14.5. The molecule has 0 aliphatic heterocycles. The van der Waals surface area contributed by atoms with Crippen molar-refractivity contribution >= 4 is 11.8 Å². The lowest BCUT2D eigenvalue weighted by Gasteiger charge is -2.05. The van der Waals surface area contributed by atoms with Crippen LogP contribution in [0.15, 0.2) is 0 Å². The van der Waals surface area contributed by atoms with E-state index in [1.165, 1.54) is 25.7 Å². The van der Waals surface area contributed by atoms with Gasteiger partial charge in [-0.25, -0.2) is 0 Å². The Labute approximate surface area is 116 Å². The number of hydrogen-bond acceptors (Lipinski definition) is 3. The van der Waals surface area contributed by atoms with Crippen LogP contribution in [-0.2, 0) is 9.59 Å².